The maximum Gasteiger partial charge on any atom is 0.305 e. The molecule has 0 saturated heterocycles. The summed E-state index contributed by atoms with van der Waals surface area (Å²) in [6.07, 6.45) is 14.2. The SMILES string of the molecule is COC(=O)CCCC=CCC1C=CC(O)C1=CCC(O)CC12C3C4C1C1C2C3C41C. The molecule has 0 aromatic rings. The van der Waals surface area contributed by atoms with Gasteiger partial charge in [0.05, 0.1) is 19.3 Å². The predicted molar refractivity (Wildman–Crippen MR) is 113 cm³/mol. The van der Waals surface area contributed by atoms with Crippen LogP contribution in [0.2, 0.25) is 0 Å². The highest BCUT2D eigenvalue weighted by molar-refractivity contribution is 5.69. The fourth-order valence-electron chi connectivity index (χ4n) is 9.46. The summed E-state index contributed by atoms with van der Waals surface area (Å²) in [4.78, 5) is 11.1. The van der Waals surface area contributed by atoms with Crippen molar-refractivity contribution in [3.05, 3.63) is 36.0 Å². The van der Waals surface area contributed by atoms with E-state index in [4.69, 9.17) is 0 Å². The lowest BCUT2D eigenvalue weighted by molar-refractivity contribution is -0.656. The first-order valence-electron chi connectivity index (χ1n) is 11.9. The minimum atomic E-state index is -0.515. The molecule has 7 rings (SSSR count). The zero-order chi connectivity index (χ0) is 20.8. The van der Waals surface area contributed by atoms with Crippen molar-refractivity contribution < 1.29 is 19.7 Å². The molecule has 30 heavy (non-hydrogen) atoms. The number of allylic oxidation sites excluding steroid dienone is 3. The second kappa shape index (κ2) is 6.32. The average Bonchev–Trinajstić information content (AvgIpc) is 3.10. The number of ether oxygens (including phenoxy) is 1. The number of aliphatic hydroxyl groups excluding tert-OH is 2. The summed E-state index contributed by atoms with van der Waals surface area (Å²) in [7, 11) is 1.42. The molecule has 0 heterocycles. The van der Waals surface area contributed by atoms with Crippen molar-refractivity contribution in [1.29, 1.82) is 0 Å². The Morgan fingerprint density at radius 3 is 2.53 bits per heavy atom. The van der Waals surface area contributed by atoms with Gasteiger partial charge in [-0.3, -0.25) is 4.79 Å². The lowest BCUT2D eigenvalue weighted by Gasteiger charge is -3.12. The summed E-state index contributed by atoms with van der Waals surface area (Å²) < 4.78 is 4.65. The number of methoxy groups -OCH3 is 1. The molecule has 162 valence electrons. The molecular weight excluding hydrogens is 376 g/mol. The highest BCUT2D eigenvalue weighted by Gasteiger charge is 3.07. The summed E-state index contributed by atoms with van der Waals surface area (Å²) in [5, 5.41) is 21.1. The molecule has 0 bridgehead atoms. The average molecular weight is 411 g/mol. The molecule has 7 aliphatic carbocycles. The van der Waals surface area contributed by atoms with Crippen LogP contribution in [0, 0.1) is 52.3 Å². The third-order valence-corrected chi connectivity index (χ3v) is 10.4. The minimum Gasteiger partial charge on any atom is -0.469 e. The van der Waals surface area contributed by atoms with E-state index >= 15 is 0 Å². The lowest BCUT2D eigenvalue weighted by atomic mass is 8.92. The smallest absolute Gasteiger partial charge is 0.305 e. The van der Waals surface area contributed by atoms with E-state index in [1.54, 1.807) is 0 Å². The molecule has 3 unspecified atom stereocenters. The summed E-state index contributed by atoms with van der Waals surface area (Å²) in [6.45, 7) is 2.52. The maximum atomic E-state index is 11.1. The summed E-state index contributed by atoms with van der Waals surface area (Å²) >= 11 is 0. The quantitative estimate of drug-likeness (QED) is 0.328. The number of hydrogen-bond acceptors (Lipinski definition) is 4. The van der Waals surface area contributed by atoms with Gasteiger partial charge < -0.3 is 14.9 Å². The molecule has 0 radical (unpaired) electrons. The zero-order valence-corrected chi connectivity index (χ0v) is 18.0. The second-order valence-electron chi connectivity index (χ2n) is 11.0. The van der Waals surface area contributed by atoms with Crippen molar-refractivity contribution in [3.63, 3.8) is 0 Å². The van der Waals surface area contributed by atoms with Gasteiger partial charge in [-0.15, -0.1) is 0 Å². The number of unbranched alkanes of at least 4 members (excludes halogenated alkanes) is 1. The van der Waals surface area contributed by atoms with Crippen LogP contribution >= 0.6 is 0 Å². The van der Waals surface area contributed by atoms with E-state index in [1.165, 1.54) is 7.11 Å². The molecule has 0 spiro atoms. The highest BCUT2D eigenvalue weighted by atomic mass is 16.5. The van der Waals surface area contributed by atoms with Crippen LogP contribution in [0.5, 0.6) is 0 Å². The Morgan fingerprint density at radius 2 is 1.87 bits per heavy atom. The van der Waals surface area contributed by atoms with E-state index in [1.807, 2.05) is 6.08 Å². The van der Waals surface area contributed by atoms with Gasteiger partial charge in [-0.1, -0.05) is 37.3 Å². The summed E-state index contributed by atoms with van der Waals surface area (Å²) in [6, 6.07) is 0. The predicted octanol–water partition coefficient (Wildman–Crippen LogP) is 3.65. The number of aliphatic hydroxyl groups is 2. The molecule has 0 aromatic carbocycles. The lowest BCUT2D eigenvalue weighted by Crippen LogP contribution is -3.09. The number of carbonyl (C=O) groups excluding carboxylic acids is 1. The van der Waals surface area contributed by atoms with Crippen LogP contribution < -0.4 is 0 Å². The topological polar surface area (TPSA) is 66.8 Å². The minimum absolute atomic E-state index is 0.159. The Bertz CT molecular complexity index is 798. The molecule has 0 aliphatic heterocycles. The van der Waals surface area contributed by atoms with Crippen LogP contribution in [0.15, 0.2) is 36.0 Å². The summed E-state index contributed by atoms with van der Waals surface area (Å²) in [5.74, 6) is 6.00. The molecule has 4 nitrogen and oxygen atoms in total. The van der Waals surface area contributed by atoms with Crippen molar-refractivity contribution in [3.8, 4) is 0 Å². The Morgan fingerprint density at radius 1 is 1.17 bits per heavy atom. The van der Waals surface area contributed by atoms with Crippen LogP contribution in [0.3, 0.4) is 0 Å². The second-order valence-corrected chi connectivity index (χ2v) is 11.0. The van der Waals surface area contributed by atoms with E-state index < -0.39 is 6.10 Å². The number of esters is 1. The van der Waals surface area contributed by atoms with Crippen molar-refractivity contribution >= 4 is 5.97 Å². The third kappa shape index (κ3) is 2.03. The third-order valence-electron chi connectivity index (χ3n) is 10.4. The molecule has 3 atom stereocenters. The molecular formula is C26H34O4. The van der Waals surface area contributed by atoms with Crippen LogP contribution in [-0.2, 0) is 9.53 Å². The van der Waals surface area contributed by atoms with Gasteiger partial charge >= 0.3 is 5.97 Å². The Kier molecular flexibility index (Phi) is 4.07. The van der Waals surface area contributed by atoms with Crippen LogP contribution in [0.1, 0.15) is 45.4 Å². The normalized spacial score (nSPS) is 52.2. The molecule has 0 aromatic heterocycles. The fraction of sp³-hybridized carbons (Fsp3) is 0.731. The van der Waals surface area contributed by atoms with Gasteiger partial charge in [-0.05, 0) is 84.0 Å². The molecule has 2 N–H and O–H groups in total. The molecule has 4 heteroatoms. The van der Waals surface area contributed by atoms with E-state index in [0.29, 0.717) is 18.3 Å². The fourth-order valence-corrected chi connectivity index (χ4v) is 9.46. The molecule has 6 saturated carbocycles. The van der Waals surface area contributed by atoms with E-state index in [0.717, 1.165) is 72.2 Å². The largest absolute Gasteiger partial charge is 0.469 e. The van der Waals surface area contributed by atoms with Gasteiger partial charge in [-0.2, -0.15) is 0 Å². The van der Waals surface area contributed by atoms with Crippen LogP contribution in [-0.4, -0.2) is 35.5 Å². The Hall–Kier alpha value is -1.39. The van der Waals surface area contributed by atoms with Crippen molar-refractivity contribution in [2.75, 3.05) is 7.11 Å². The van der Waals surface area contributed by atoms with E-state index in [2.05, 4.69) is 36.0 Å². The van der Waals surface area contributed by atoms with Crippen molar-refractivity contribution in [2.45, 2.75) is 57.7 Å². The van der Waals surface area contributed by atoms with Gasteiger partial charge in [-0.25, -0.2) is 0 Å². The van der Waals surface area contributed by atoms with Crippen molar-refractivity contribution in [1.82, 2.24) is 0 Å². The number of carbonyl (C=O) groups is 1. The first-order chi connectivity index (χ1) is 14.5. The molecule has 7 aliphatic rings. The van der Waals surface area contributed by atoms with Gasteiger partial charge in [0.2, 0.25) is 0 Å². The zero-order valence-electron chi connectivity index (χ0n) is 18.0. The number of rotatable bonds is 10. The van der Waals surface area contributed by atoms with Crippen LogP contribution in [0.25, 0.3) is 0 Å². The van der Waals surface area contributed by atoms with E-state index in [9.17, 15) is 15.0 Å². The Labute approximate surface area is 179 Å². The van der Waals surface area contributed by atoms with Gasteiger partial charge in [0, 0.05) is 12.3 Å². The first-order valence-corrected chi connectivity index (χ1v) is 11.9. The standard InChI is InChI=1S/C26H34O4/c1-25-19-22-20(25)24-21(25)23(19)26(22,24)13-15(27)10-11-16-14(9-12-17(16)28)7-5-3-4-6-8-18(29)30-2/h3,5,9,11-12,14-15,17,19-24,27-28H,4,6-8,10,13H2,1-2H3. The Balaban J connectivity index is 0.980. The van der Waals surface area contributed by atoms with Gasteiger partial charge in [0.25, 0.3) is 0 Å². The molecule has 6 fully saturated rings. The maximum absolute atomic E-state index is 11.1. The van der Waals surface area contributed by atoms with E-state index in [-0.39, 0.29) is 18.0 Å². The summed E-state index contributed by atoms with van der Waals surface area (Å²) in [5.41, 5.74) is 2.32. The highest BCUT2D eigenvalue weighted by Crippen LogP contribution is 3.10. The monoisotopic (exact) mass is 410 g/mol. The van der Waals surface area contributed by atoms with Crippen molar-refractivity contribution in [2.24, 2.45) is 52.3 Å². The first kappa shape index (κ1) is 19.3. The molecule has 0 amide bonds. The van der Waals surface area contributed by atoms with Gasteiger partial charge in [0.1, 0.15) is 0 Å². The van der Waals surface area contributed by atoms with Gasteiger partial charge in [0.15, 0.2) is 0 Å². The van der Waals surface area contributed by atoms with Crippen LogP contribution in [0.4, 0.5) is 0 Å². The number of hydrogen-bond donors (Lipinski definition) is 2.